The number of fused-ring (bicyclic) bond motifs is 1. The van der Waals surface area contributed by atoms with Gasteiger partial charge in [0.05, 0.1) is 22.5 Å². The molecule has 0 saturated carbocycles. The Balaban J connectivity index is 1.65. The highest BCUT2D eigenvalue weighted by Crippen LogP contribution is 2.50. The van der Waals surface area contributed by atoms with Gasteiger partial charge in [-0.05, 0) is 81.6 Å². The second-order valence-electron chi connectivity index (χ2n) is 13.3. The standard InChI is InChI=1S/C38H34Br2N2O2/c1-37(2,3)25-11-7-23(8-12-25)31-33-34(42(35(31)43)30-21-17-28(40)18-22-30)32(24-9-13-26(14-10-24)38(4,5)6)36(44)41(33)29-19-15-27(39)16-20-29/h7-22H,1-6H3. The highest BCUT2D eigenvalue weighted by atomic mass is 79.9. The number of carbonyl (C=O) groups excluding carboxylic acids is 2. The lowest BCUT2D eigenvalue weighted by Gasteiger charge is -2.22. The highest BCUT2D eigenvalue weighted by Gasteiger charge is 2.49. The van der Waals surface area contributed by atoms with Gasteiger partial charge in [0.1, 0.15) is 0 Å². The topological polar surface area (TPSA) is 40.6 Å². The molecule has 44 heavy (non-hydrogen) atoms. The van der Waals surface area contributed by atoms with Crippen LogP contribution in [0.1, 0.15) is 63.8 Å². The van der Waals surface area contributed by atoms with Crippen LogP contribution in [-0.2, 0) is 20.4 Å². The van der Waals surface area contributed by atoms with Gasteiger partial charge in [-0.25, -0.2) is 0 Å². The van der Waals surface area contributed by atoms with Gasteiger partial charge in [-0.2, -0.15) is 0 Å². The van der Waals surface area contributed by atoms with Crippen LogP contribution < -0.4 is 9.80 Å². The Bertz CT molecular complexity index is 1700. The van der Waals surface area contributed by atoms with E-state index in [9.17, 15) is 9.59 Å². The first-order valence-electron chi connectivity index (χ1n) is 14.7. The number of rotatable bonds is 4. The molecule has 2 amide bonds. The normalized spacial score (nSPS) is 15.5. The zero-order chi connectivity index (χ0) is 31.6. The number of hydrogen-bond acceptors (Lipinski definition) is 2. The van der Waals surface area contributed by atoms with Crippen molar-refractivity contribution in [2.24, 2.45) is 0 Å². The summed E-state index contributed by atoms with van der Waals surface area (Å²) in [5, 5.41) is 0. The molecule has 0 unspecified atom stereocenters. The average Bonchev–Trinajstić information content (AvgIpc) is 3.42. The van der Waals surface area contributed by atoms with Crippen LogP contribution in [0.15, 0.2) is 117 Å². The minimum atomic E-state index is -0.167. The third-order valence-electron chi connectivity index (χ3n) is 8.23. The molecule has 0 aromatic heterocycles. The Hall–Kier alpha value is -3.74. The molecule has 2 heterocycles. The Kier molecular flexibility index (Phi) is 7.58. The molecule has 0 radical (unpaired) electrons. The molecular weight excluding hydrogens is 676 g/mol. The van der Waals surface area contributed by atoms with Crippen molar-refractivity contribution in [1.82, 2.24) is 0 Å². The first kappa shape index (κ1) is 30.3. The number of halogens is 2. The van der Waals surface area contributed by atoms with E-state index in [4.69, 9.17) is 0 Å². The summed E-state index contributed by atoms with van der Waals surface area (Å²) in [7, 11) is 0. The quantitative estimate of drug-likeness (QED) is 0.212. The van der Waals surface area contributed by atoms with Crippen molar-refractivity contribution in [3.8, 4) is 0 Å². The van der Waals surface area contributed by atoms with Crippen molar-refractivity contribution in [1.29, 1.82) is 0 Å². The fourth-order valence-corrected chi connectivity index (χ4v) is 6.30. The molecule has 0 saturated heterocycles. The second-order valence-corrected chi connectivity index (χ2v) is 15.2. The minimum Gasteiger partial charge on any atom is -0.274 e. The van der Waals surface area contributed by atoms with Crippen LogP contribution in [0.4, 0.5) is 11.4 Å². The lowest BCUT2D eigenvalue weighted by molar-refractivity contribution is -0.112. The summed E-state index contributed by atoms with van der Waals surface area (Å²) < 4.78 is 1.81. The van der Waals surface area contributed by atoms with Gasteiger partial charge in [0.15, 0.2) is 0 Å². The molecular formula is C38H34Br2N2O2. The lowest BCUT2D eigenvalue weighted by Crippen LogP contribution is -2.27. The summed E-state index contributed by atoms with van der Waals surface area (Å²) in [6.45, 7) is 13.0. The number of benzene rings is 4. The van der Waals surface area contributed by atoms with Crippen LogP contribution in [-0.4, -0.2) is 11.8 Å². The second kappa shape index (κ2) is 11.0. The van der Waals surface area contributed by atoms with Crippen LogP contribution in [0.3, 0.4) is 0 Å². The van der Waals surface area contributed by atoms with Crippen LogP contribution in [0.5, 0.6) is 0 Å². The molecule has 0 bridgehead atoms. The minimum absolute atomic E-state index is 0.0380. The summed E-state index contributed by atoms with van der Waals surface area (Å²) in [5.74, 6) is -0.335. The molecule has 0 fully saturated rings. The van der Waals surface area contributed by atoms with E-state index < -0.39 is 0 Å². The SMILES string of the molecule is CC(C)(C)c1ccc(C2=C3C(=C(c4ccc(C(C)(C)C)cc4)C(=O)N3c3ccc(Br)cc3)N(c3ccc(Br)cc3)C2=O)cc1. The molecule has 6 rings (SSSR count). The third kappa shape index (κ3) is 5.28. The van der Waals surface area contributed by atoms with Crippen LogP contribution in [0.25, 0.3) is 11.1 Å². The molecule has 0 N–H and O–H groups in total. The van der Waals surface area contributed by atoms with Gasteiger partial charge in [-0.15, -0.1) is 0 Å². The maximum absolute atomic E-state index is 14.7. The third-order valence-corrected chi connectivity index (χ3v) is 9.29. The highest BCUT2D eigenvalue weighted by molar-refractivity contribution is 9.10. The fraction of sp³-hybridized carbons (Fsp3) is 0.211. The Morgan fingerprint density at radius 2 is 0.750 bits per heavy atom. The number of carbonyl (C=O) groups is 2. The molecule has 2 aliphatic rings. The summed E-state index contributed by atoms with van der Waals surface area (Å²) in [6, 6.07) is 31.6. The summed E-state index contributed by atoms with van der Waals surface area (Å²) >= 11 is 7.06. The van der Waals surface area contributed by atoms with Gasteiger partial charge < -0.3 is 0 Å². The smallest absolute Gasteiger partial charge is 0.265 e. The van der Waals surface area contributed by atoms with E-state index in [1.165, 1.54) is 11.1 Å². The van der Waals surface area contributed by atoms with E-state index in [1.807, 2.05) is 72.8 Å². The first-order chi connectivity index (χ1) is 20.8. The number of hydrogen-bond donors (Lipinski definition) is 0. The molecule has 222 valence electrons. The maximum atomic E-state index is 14.7. The zero-order valence-electron chi connectivity index (χ0n) is 25.7. The predicted octanol–water partition coefficient (Wildman–Crippen LogP) is 10.0. The molecule has 0 spiro atoms. The zero-order valence-corrected chi connectivity index (χ0v) is 28.9. The van der Waals surface area contributed by atoms with Crippen molar-refractivity contribution in [3.63, 3.8) is 0 Å². The van der Waals surface area contributed by atoms with Gasteiger partial charge >= 0.3 is 0 Å². The van der Waals surface area contributed by atoms with Crippen molar-refractivity contribution in [3.05, 3.63) is 140 Å². The van der Waals surface area contributed by atoms with Gasteiger partial charge in [-0.3, -0.25) is 19.4 Å². The summed E-state index contributed by atoms with van der Waals surface area (Å²) in [6.07, 6.45) is 0. The van der Waals surface area contributed by atoms with E-state index in [1.54, 1.807) is 9.80 Å². The largest absolute Gasteiger partial charge is 0.274 e. The van der Waals surface area contributed by atoms with Gasteiger partial charge in [0, 0.05) is 20.3 Å². The fourth-order valence-electron chi connectivity index (χ4n) is 5.77. The Labute approximate surface area is 276 Å². The predicted molar refractivity (Wildman–Crippen MR) is 187 cm³/mol. The van der Waals surface area contributed by atoms with Gasteiger partial charge in [0.2, 0.25) is 0 Å². The number of anilines is 2. The Morgan fingerprint density at radius 3 is 1.02 bits per heavy atom. The van der Waals surface area contributed by atoms with Gasteiger partial charge in [-0.1, -0.05) is 122 Å². The Morgan fingerprint density at radius 1 is 0.455 bits per heavy atom. The average molecular weight is 711 g/mol. The maximum Gasteiger partial charge on any atom is 0.265 e. The summed E-state index contributed by atoms with van der Waals surface area (Å²) in [4.78, 5) is 32.7. The van der Waals surface area contributed by atoms with Crippen molar-refractivity contribution in [2.75, 3.05) is 9.80 Å². The molecule has 4 aromatic carbocycles. The monoisotopic (exact) mass is 708 g/mol. The van der Waals surface area contributed by atoms with Crippen LogP contribution >= 0.6 is 31.9 Å². The van der Waals surface area contributed by atoms with Gasteiger partial charge in [0.25, 0.3) is 11.8 Å². The lowest BCUT2D eigenvalue weighted by atomic mass is 9.86. The van der Waals surface area contributed by atoms with Crippen LogP contribution in [0.2, 0.25) is 0 Å². The molecule has 2 aliphatic heterocycles. The first-order valence-corrected chi connectivity index (χ1v) is 16.2. The van der Waals surface area contributed by atoms with Crippen molar-refractivity contribution >= 4 is 66.2 Å². The molecule has 4 nitrogen and oxygen atoms in total. The van der Waals surface area contributed by atoms with E-state index in [2.05, 4.69) is 97.7 Å². The number of amides is 2. The number of nitrogens with zero attached hydrogens (tertiary/aromatic N) is 2. The molecule has 0 atom stereocenters. The van der Waals surface area contributed by atoms with E-state index in [0.717, 1.165) is 20.1 Å². The van der Waals surface area contributed by atoms with Crippen molar-refractivity contribution in [2.45, 2.75) is 52.4 Å². The van der Waals surface area contributed by atoms with E-state index in [-0.39, 0.29) is 22.6 Å². The van der Waals surface area contributed by atoms with Crippen molar-refractivity contribution < 1.29 is 9.59 Å². The molecule has 6 heteroatoms. The van der Waals surface area contributed by atoms with E-state index >= 15 is 0 Å². The molecule has 0 aliphatic carbocycles. The molecule has 4 aromatic rings. The van der Waals surface area contributed by atoms with Crippen LogP contribution in [0, 0.1) is 0 Å². The summed E-state index contributed by atoms with van der Waals surface area (Å²) in [5.41, 5.74) is 7.41. The van der Waals surface area contributed by atoms with E-state index in [0.29, 0.717) is 33.9 Å².